The third-order valence-electron chi connectivity index (χ3n) is 2.91. The summed E-state index contributed by atoms with van der Waals surface area (Å²) in [5.74, 6) is 1.30. The van der Waals surface area contributed by atoms with Gasteiger partial charge in [0.15, 0.2) is 0 Å². The number of aromatic nitrogens is 1. The molecule has 5 nitrogen and oxygen atoms in total. The first-order valence-corrected chi connectivity index (χ1v) is 8.22. The number of hydrogen-bond donors (Lipinski definition) is 1. The van der Waals surface area contributed by atoms with Crippen molar-refractivity contribution in [1.82, 2.24) is 4.98 Å². The van der Waals surface area contributed by atoms with E-state index < -0.39 is 5.97 Å². The molecule has 0 saturated heterocycles. The molecule has 0 aromatic carbocycles. The third-order valence-corrected chi connectivity index (χ3v) is 5.15. The molecule has 0 spiro atoms. The number of carboxylic acid groups (broad SMARTS) is 1. The van der Waals surface area contributed by atoms with Crippen LogP contribution in [0.25, 0.3) is 10.8 Å². The van der Waals surface area contributed by atoms with Gasteiger partial charge in [-0.3, -0.25) is 0 Å². The summed E-state index contributed by atoms with van der Waals surface area (Å²) in [5.41, 5.74) is 1.14. The van der Waals surface area contributed by atoms with Crippen LogP contribution >= 0.6 is 23.1 Å². The molecule has 0 radical (unpaired) electrons. The number of ether oxygens (including phenoxy) is 1. The highest BCUT2D eigenvalue weighted by Gasteiger charge is 2.24. The molecule has 0 saturated carbocycles. The zero-order chi connectivity index (χ0) is 14.1. The molecule has 1 aliphatic rings. The number of carbonyl (C=O) groups is 1. The van der Waals surface area contributed by atoms with E-state index in [0.717, 1.165) is 22.8 Å². The van der Waals surface area contributed by atoms with Gasteiger partial charge >= 0.3 is 11.9 Å². The van der Waals surface area contributed by atoms with Crippen LogP contribution < -0.4 is 4.74 Å². The summed E-state index contributed by atoms with van der Waals surface area (Å²) >= 11 is 3.53. The number of thiophene rings is 1. The molecule has 1 aliphatic heterocycles. The van der Waals surface area contributed by atoms with Crippen molar-refractivity contribution in [3.63, 3.8) is 0 Å². The fourth-order valence-corrected chi connectivity index (χ4v) is 4.33. The second kappa shape index (κ2) is 5.49. The molecule has 1 N–H and O–H groups in total. The number of oxazole rings is 1. The molecule has 7 heteroatoms. The van der Waals surface area contributed by atoms with Crippen LogP contribution in [-0.2, 0) is 12.2 Å². The first kappa shape index (κ1) is 13.5. The zero-order valence-electron chi connectivity index (χ0n) is 10.8. The number of hydrogen-bond acceptors (Lipinski definition) is 6. The predicted octanol–water partition coefficient (Wildman–Crippen LogP) is 3.29. The molecule has 3 heterocycles. The molecule has 3 rings (SSSR count). The first-order valence-electron chi connectivity index (χ1n) is 6.25. The Hall–Kier alpha value is -1.47. The summed E-state index contributed by atoms with van der Waals surface area (Å²) in [7, 11) is 0. The Morgan fingerprint density at radius 3 is 3.15 bits per heavy atom. The summed E-state index contributed by atoms with van der Waals surface area (Å²) in [5, 5.41) is 9.11. The average Bonchev–Trinajstić information content (AvgIpc) is 3.02. The summed E-state index contributed by atoms with van der Waals surface area (Å²) in [6, 6.07) is 2.04. The Labute approximate surface area is 124 Å². The Balaban J connectivity index is 1.99. The molecule has 106 valence electrons. The molecule has 0 unspecified atom stereocenters. The normalized spacial score (nSPS) is 14.1. The van der Waals surface area contributed by atoms with Gasteiger partial charge in [-0.2, -0.15) is 16.7 Å². The molecule has 0 fully saturated rings. The van der Waals surface area contributed by atoms with Crippen molar-refractivity contribution in [1.29, 1.82) is 0 Å². The highest BCUT2D eigenvalue weighted by Crippen LogP contribution is 2.38. The van der Waals surface area contributed by atoms with E-state index in [1.165, 1.54) is 10.4 Å². The van der Waals surface area contributed by atoms with Crippen LogP contribution in [0.4, 0.5) is 0 Å². The number of aryl methyl sites for hydroxylation is 1. The molecule has 0 amide bonds. The van der Waals surface area contributed by atoms with Gasteiger partial charge in [-0.1, -0.05) is 0 Å². The van der Waals surface area contributed by atoms with E-state index in [1.54, 1.807) is 18.3 Å². The van der Waals surface area contributed by atoms with E-state index in [4.69, 9.17) is 14.3 Å². The highest BCUT2D eigenvalue weighted by molar-refractivity contribution is 7.98. The molecule has 0 atom stereocenters. The molecule has 2 aromatic heterocycles. The molecule has 20 heavy (non-hydrogen) atoms. The van der Waals surface area contributed by atoms with E-state index in [2.05, 4.69) is 4.98 Å². The van der Waals surface area contributed by atoms with Crippen LogP contribution in [0.3, 0.4) is 0 Å². The van der Waals surface area contributed by atoms with Crippen LogP contribution in [-0.4, -0.2) is 28.4 Å². The SMILES string of the molecule is CCOc1oc(-c2cc3c(s2)CCSC3)nc1C(=O)O. The lowest BCUT2D eigenvalue weighted by molar-refractivity contribution is 0.0683. The van der Waals surface area contributed by atoms with Gasteiger partial charge < -0.3 is 14.3 Å². The minimum absolute atomic E-state index is 0.0178. The van der Waals surface area contributed by atoms with Crippen LogP contribution in [0.5, 0.6) is 5.95 Å². The zero-order valence-corrected chi connectivity index (χ0v) is 12.5. The first-order chi connectivity index (χ1) is 9.69. The summed E-state index contributed by atoms with van der Waals surface area (Å²) in [4.78, 5) is 17.4. The van der Waals surface area contributed by atoms with Crippen LogP contribution in [0, 0.1) is 0 Å². The maximum atomic E-state index is 11.1. The van der Waals surface area contributed by atoms with E-state index in [1.807, 2.05) is 17.8 Å². The van der Waals surface area contributed by atoms with Gasteiger partial charge in [0, 0.05) is 10.6 Å². The van der Waals surface area contributed by atoms with Gasteiger partial charge in [0.1, 0.15) is 0 Å². The number of thioether (sulfide) groups is 1. The number of nitrogens with zero attached hydrogens (tertiary/aromatic N) is 1. The quantitative estimate of drug-likeness (QED) is 0.934. The standard InChI is InChI=1S/C13H13NO4S2/c1-2-17-13-10(12(15)16)14-11(18-13)9-5-7-6-19-4-3-8(7)20-9/h5H,2-4,6H2,1H3,(H,15,16). The number of rotatable bonds is 4. The summed E-state index contributed by atoms with van der Waals surface area (Å²) in [6.45, 7) is 2.11. The molecule has 0 aliphatic carbocycles. The fourth-order valence-electron chi connectivity index (χ4n) is 2.03. The van der Waals surface area contributed by atoms with Gasteiger partial charge in [0.05, 0.1) is 11.5 Å². The second-order valence-electron chi connectivity index (χ2n) is 4.25. The van der Waals surface area contributed by atoms with Crippen molar-refractivity contribution < 1.29 is 19.1 Å². The van der Waals surface area contributed by atoms with Gasteiger partial charge in [-0.05, 0) is 30.7 Å². The lowest BCUT2D eigenvalue weighted by Crippen LogP contribution is -2.01. The third kappa shape index (κ3) is 2.43. The minimum atomic E-state index is -1.14. The van der Waals surface area contributed by atoms with Crippen molar-refractivity contribution in [3.8, 4) is 16.7 Å². The van der Waals surface area contributed by atoms with E-state index in [9.17, 15) is 4.79 Å². The maximum absolute atomic E-state index is 11.1. The van der Waals surface area contributed by atoms with E-state index in [-0.39, 0.29) is 11.6 Å². The van der Waals surface area contributed by atoms with Crippen molar-refractivity contribution in [2.24, 2.45) is 0 Å². The lowest BCUT2D eigenvalue weighted by Gasteiger charge is -2.08. The van der Waals surface area contributed by atoms with Crippen molar-refractivity contribution >= 4 is 29.1 Å². The molecular weight excluding hydrogens is 298 g/mol. The second-order valence-corrected chi connectivity index (χ2v) is 6.50. The van der Waals surface area contributed by atoms with Gasteiger partial charge in [0.2, 0.25) is 11.6 Å². The largest absolute Gasteiger partial charge is 0.476 e. The highest BCUT2D eigenvalue weighted by atomic mass is 32.2. The van der Waals surface area contributed by atoms with Crippen molar-refractivity contribution in [2.45, 2.75) is 19.1 Å². The van der Waals surface area contributed by atoms with E-state index >= 15 is 0 Å². The molecule has 0 bridgehead atoms. The maximum Gasteiger partial charge on any atom is 0.362 e. The smallest absolute Gasteiger partial charge is 0.362 e. The number of aromatic carboxylic acids is 1. The Morgan fingerprint density at radius 2 is 2.45 bits per heavy atom. The van der Waals surface area contributed by atoms with Crippen molar-refractivity contribution in [2.75, 3.05) is 12.4 Å². The summed E-state index contributed by atoms with van der Waals surface area (Å²) in [6.07, 6.45) is 1.05. The van der Waals surface area contributed by atoms with Crippen LogP contribution in [0.1, 0.15) is 27.9 Å². The van der Waals surface area contributed by atoms with Gasteiger partial charge in [0.25, 0.3) is 0 Å². The minimum Gasteiger partial charge on any atom is -0.476 e. The monoisotopic (exact) mass is 311 g/mol. The Kier molecular flexibility index (Phi) is 3.71. The van der Waals surface area contributed by atoms with Crippen LogP contribution in [0.2, 0.25) is 0 Å². The lowest BCUT2D eigenvalue weighted by atomic mass is 10.2. The average molecular weight is 311 g/mol. The van der Waals surface area contributed by atoms with Gasteiger partial charge in [-0.25, -0.2) is 4.79 Å². The number of carboxylic acids is 1. The van der Waals surface area contributed by atoms with Gasteiger partial charge in [-0.15, -0.1) is 11.3 Å². The van der Waals surface area contributed by atoms with Crippen molar-refractivity contribution in [3.05, 3.63) is 22.2 Å². The van der Waals surface area contributed by atoms with Crippen LogP contribution in [0.15, 0.2) is 10.5 Å². The van der Waals surface area contributed by atoms with E-state index in [0.29, 0.717) is 12.5 Å². The number of fused-ring (bicyclic) bond motifs is 1. The fraction of sp³-hybridized carbons (Fsp3) is 0.385. The molecular formula is C13H13NO4S2. The molecule has 2 aromatic rings. The Morgan fingerprint density at radius 1 is 1.60 bits per heavy atom. The predicted molar refractivity (Wildman–Crippen MR) is 77.8 cm³/mol. The Bertz CT molecular complexity index is 623. The topological polar surface area (TPSA) is 72.6 Å². The summed E-state index contributed by atoms with van der Waals surface area (Å²) < 4.78 is 10.7.